The Morgan fingerprint density at radius 2 is 1.68 bits per heavy atom. The lowest BCUT2D eigenvalue weighted by Crippen LogP contribution is -2.36. The zero-order valence-electron chi connectivity index (χ0n) is 17.9. The van der Waals surface area contributed by atoms with Gasteiger partial charge in [0.05, 0.1) is 17.6 Å². The highest BCUT2D eigenvalue weighted by molar-refractivity contribution is 5.89. The number of aliphatic carboxylic acids is 2. The first-order valence-electron chi connectivity index (χ1n) is 10.5. The van der Waals surface area contributed by atoms with Crippen molar-refractivity contribution in [3.05, 3.63) is 60.3 Å². The highest BCUT2D eigenvalue weighted by Gasteiger charge is 2.34. The van der Waals surface area contributed by atoms with Crippen molar-refractivity contribution >= 4 is 17.6 Å². The van der Waals surface area contributed by atoms with Crippen molar-refractivity contribution in [2.45, 2.75) is 38.3 Å². The number of fused-ring (bicyclic) bond motifs is 2. The molecule has 2 fully saturated rings. The van der Waals surface area contributed by atoms with E-state index in [0.29, 0.717) is 18.2 Å². The Labute approximate surface area is 182 Å². The van der Waals surface area contributed by atoms with E-state index in [9.17, 15) is 9.59 Å². The molecule has 164 valence electrons. The second kappa shape index (κ2) is 10.2. The third-order valence-electron chi connectivity index (χ3n) is 6.05. The Morgan fingerprint density at radius 3 is 2.29 bits per heavy atom. The molecule has 2 aliphatic rings. The Morgan fingerprint density at radius 1 is 1.00 bits per heavy atom. The fraction of sp³-hybridized carbons (Fsp3) is 0.375. The lowest BCUT2D eigenvalue weighted by atomic mass is 10.0. The van der Waals surface area contributed by atoms with Crippen molar-refractivity contribution in [1.29, 1.82) is 0 Å². The van der Waals surface area contributed by atoms with Gasteiger partial charge in [-0.1, -0.05) is 24.3 Å². The van der Waals surface area contributed by atoms with E-state index in [4.69, 9.17) is 15.2 Å². The molecule has 2 saturated heterocycles. The van der Waals surface area contributed by atoms with E-state index in [-0.39, 0.29) is 0 Å². The number of carboxylic acid groups (broad SMARTS) is 2. The number of aromatic nitrogens is 1. The van der Waals surface area contributed by atoms with Gasteiger partial charge in [0.1, 0.15) is 0 Å². The third kappa shape index (κ3) is 5.92. The largest absolute Gasteiger partial charge is 0.478 e. The summed E-state index contributed by atoms with van der Waals surface area (Å²) in [4.78, 5) is 29.0. The van der Waals surface area contributed by atoms with E-state index in [2.05, 4.69) is 66.4 Å². The average Bonchev–Trinajstić information content (AvgIpc) is 2.99. The van der Waals surface area contributed by atoms with Crippen molar-refractivity contribution in [3.63, 3.8) is 0 Å². The third-order valence-corrected chi connectivity index (χ3v) is 6.05. The summed E-state index contributed by atoms with van der Waals surface area (Å²) in [6, 6.07) is 14.4. The van der Waals surface area contributed by atoms with Crippen LogP contribution in [0, 0.1) is 6.92 Å². The van der Waals surface area contributed by atoms with Crippen LogP contribution in [0.25, 0.3) is 11.3 Å². The monoisotopic (exact) mass is 423 g/mol. The molecule has 1 aromatic heterocycles. The molecule has 3 heterocycles. The Hall–Kier alpha value is -3.19. The van der Waals surface area contributed by atoms with Gasteiger partial charge in [0.25, 0.3) is 0 Å². The number of pyridine rings is 1. The molecule has 1 aromatic carbocycles. The number of likely N-dealkylation sites (N-methyl/N-ethyl adjacent to an activating group) is 1. The summed E-state index contributed by atoms with van der Waals surface area (Å²) in [7, 11) is 2.30. The van der Waals surface area contributed by atoms with Crippen molar-refractivity contribution in [2.75, 3.05) is 25.0 Å². The molecule has 0 aliphatic carbocycles. The van der Waals surface area contributed by atoms with Crippen LogP contribution in [0.2, 0.25) is 0 Å². The van der Waals surface area contributed by atoms with Gasteiger partial charge in [0.2, 0.25) is 0 Å². The SMILES string of the molecule is Cc1ccccc1-c1ccc(N2CCC3CCC(C2)N3C)cn1.O=C(O)/C=C/C(=O)O. The van der Waals surface area contributed by atoms with Gasteiger partial charge in [-0.15, -0.1) is 0 Å². The lowest BCUT2D eigenvalue weighted by molar-refractivity contribution is -0.134. The minimum absolute atomic E-state index is 0.558. The number of carbonyl (C=O) groups is 2. The number of rotatable bonds is 4. The Bertz CT molecular complexity index is 926. The molecule has 2 aromatic rings. The highest BCUT2D eigenvalue weighted by atomic mass is 16.4. The number of hydrogen-bond acceptors (Lipinski definition) is 5. The second-order valence-corrected chi connectivity index (χ2v) is 8.01. The van der Waals surface area contributed by atoms with Gasteiger partial charge in [0.15, 0.2) is 0 Å². The summed E-state index contributed by atoms with van der Waals surface area (Å²) in [5.74, 6) is -2.51. The molecule has 31 heavy (non-hydrogen) atoms. The zero-order chi connectivity index (χ0) is 22.4. The molecule has 2 N–H and O–H groups in total. The molecule has 2 bridgehead atoms. The molecule has 4 rings (SSSR count). The first-order chi connectivity index (χ1) is 14.8. The Balaban J connectivity index is 0.000000293. The second-order valence-electron chi connectivity index (χ2n) is 8.01. The highest BCUT2D eigenvalue weighted by Crippen LogP contribution is 2.31. The minimum Gasteiger partial charge on any atom is -0.478 e. The summed E-state index contributed by atoms with van der Waals surface area (Å²) in [5.41, 5.74) is 4.85. The van der Waals surface area contributed by atoms with Gasteiger partial charge in [-0.3, -0.25) is 9.88 Å². The van der Waals surface area contributed by atoms with E-state index in [1.54, 1.807) is 0 Å². The number of benzene rings is 1. The smallest absolute Gasteiger partial charge is 0.328 e. The van der Waals surface area contributed by atoms with Gasteiger partial charge < -0.3 is 15.1 Å². The molecule has 0 amide bonds. The molecule has 0 radical (unpaired) electrons. The number of carboxylic acids is 2. The predicted molar refractivity (Wildman–Crippen MR) is 120 cm³/mol. The molecule has 7 nitrogen and oxygen atoms in total. The van der Waals surface area contributed by atoms with Crippen LogP contribution in [0.5, 0.6) is 0 Å². The average molecular weight is 424 g/mol. The van der Waals surface area contributed by atoms with Crippen LogP contribution in [0.1, 0.15) is 24.8 Å². The van der Waals surface area contributed by atoms with E-state index in [1.807, 2.05) is 0 Å². The van der Waals surface area contributed by atoms with Crippen molar-refractivity contribution in [2.24, 2.45) is 0 Å². The molecule has 0 saturated carbocycles. The van der Waals surface area contributed by atoms with Crippen LogP contribution in [-0.4, -0.2) is 64.3 Å². The number of nitrogens with zero attached hydrogens (tertiary/aromatic N) is 3. The van der Waals surface area contributed by atoms with Crippen LogP contribution in [-0.2, 0) is 9.59 Å². The first-order valence-corrected chi connectivity index (χ1v) is 10.5. The van der Waals surface area contributed by atoms with Crippen molar-refractivity contribution in [3.8, 4) is 11.3 Å². The molecule has 7 heteroatoms. The maximum absolute atomic E-state index is 9.55. The minimum atomic E-state index is -1.26. The van der Waals surface area contributed by atoms with E-state index >= 15 is 0 Å². The van der Waals surface area contributed by atoms with E-state index < -0.39 is 11.9 Å². The molecule has 2 atom stereocenters. The van der Waals surface area contributed by atoms with Crippen LogP contribution in [0.4, 0.5) is 5.69 Å². The Kier molecular flexibility index (Phi) is 7.41. The van der Waals surface area contributed by atoms with E-state index in [0.717, 1.165) is 24.8 Å². The molecular formula is C24H29N3O4. The van der Waals surface area contributed by atoms with Gasteiger partial charge in [-0.25, -0.2) is 9.59 Å². The van der Waals surface area contributed by atoms with Crippen LogP contribution in [0.15, 0.2) is 54.7 Å². The topological polar surface area (TPSA) is 94.0 Å². The quantitative estimate of drug-likeness (QED) is 0.728. The fourth-order valence-electron chi connectivity index (χ4n) is 4.28. The first kappa shape index (κ1) is 22.5. The predicted octanol–water partition coefficient (Wildman–Crippen LogP) is 3.44. The van der Waals surface area contributed by atoms with Crippen molar-refractivity contribution < 1.29 is 19.8 Å². The maximum Gasteiger partial charge on any atom is 0.328 e. The van der Waals surface area contributed by atoms with Crippen molar-refractivity contribution in [1.82, 2.24) is 9.88 Å². The molecular weight excluding hydrogens is 394 g/mol. The number of hydrogen-bond donors (Lipinski definition) is 2. The number of anilines is 1. The standard InChI is InChI=1S/C20H25N3.C4H4O4/c1-15-5-3-4-6-19(15)20-10-9-17(13-21-20)23-12-11-16-7-8-18(14-23)22(16)2;5-3(6)1-2-4(7)8/h3-6,9-10,13,16,18H,7-8,11-12,14H2,1-2H3;1-2H,(H,5,6)(H,7,8)/b;2-1+. The zero-order valence-corrected chi connectivity index (χ0v) is 17.9. The number of aryl methyl sites for hydroxylation is 1. The van der Waals surface area contributed by atoms with Crippen LogP contribution in [0.3, 0.4) is 0 Å². The van der Waals surface area contributed by atoms with Gasteiger partial charge in [-0.2, -0.15) is 0 Å². The maximum atomic E-state index is 9.55. The van der Waals surface area contributed by atoms with Crippen LogP contribution >= 0.6 is 0 Å². The summed E-state index contributed by atoms with van der Waals surface area (Å²) < 4.78 is 0. The van der Waals surface area contributed by atoms with Gasteiger partial charge >= 0.3 is 11.9 Å². The molecule has 2 aliphatic heterocycles. The molecule has 0 spiro atoms. The van der Waals surface area contributed by atoms with Gasteiger partial charge in [0, 0.05) is 42.9 Å². The van der Waals surface area contributed by atoms with E-state index in [1.165, 1.54) is 36.1 Å². The normalized spacial score (nSPS) is 20.8. The van der Waals surface area contributed by atoms with Gasteiger partial charge in [-0.05, 0) is 50.9 Å². The summed E-state index contributed by atoms with van der Waals surface area (Å²) in [6.45, 7) is 4.43. The summed E-state index contributed by atoms with van der Waals surface area (Å²) >= 11 is 0. The van der Waals surface area contributed by atoms with Crippen LogP contribution < -0.4 is 4.90 Å². The lowest BCUT2D eigenvalue weighted by Gasteiger charge is -2.27. The fourth-order valence-corrected chi connectivity index (χ4v) is 4.28. The summed E-state index contributed by atoms with van der Waals surface area (Å²) in [6.07, 6.45) is 7.16. The summed E-state index contributed by atoms with van der Waals surface area (Å²) in [5, 5.41) is 15.6. The molecule has 2 unspecified atom stereocenters.